The number of hydrogen-bond acceptors (Lipinski definition) is 2. The lowest BCUT2D eigenvalue weighted by atomic mass is 10.2. The lowest BCUT2D eigenvalue weighted by molar-refractivity contribution is 0.471. The van der Waals surface area contributed by atoms with E-state index in [0.717, 1.165) is 14.8 Å². The van der Waals surface area contributed by atoms with Gasteiger partial charge in [-0.15, -0.1) is 0 Å². The van der Waals surface area contributed by atoms with Gasteiger partial charge < -0.3 is 10.4 Å². The minimum atomic E-state index is 0.242. The van der Waals surface area contributed by atoms with E-state index in [1.807, 2.05) is 30.3 Å². The second-order valence-electron chi connectivity index (χ2n) is 3.76. The molecule has 0 radical (unpaired) electrons. The Kier molecular flexibility index (Phi) is 4.75. The molecule has 18 heavy (non-hydrogen) atoms. The lowest BCUT2D eigenvalue weighted by Crippen LogP contribution is -2.00. The van der Waals surface area contributed by atoms with E-state index in [1.54, 1.807) is 6.07 Å². The predicted octanol–water partition coefficient (Wildman–Crippen LogP) is 5.02. The Hall–Kier alpha value is -0.460. The molecule has 0 saturated carbocycles. The summed E-state index contributed by atoms with van der Waals surface area (Å²) in [6.45, 7) is 0.652. The minimum Gasteiger partial charge on any atom is -0.507 e. The number of rotatable bonds is 3. The average Bonchev–Trinajstić information content (AvgIpc) is 2.32. The van der Waals surface area contributed by atoms with Crippen LogP contribution in [0.2, 0.25) is 5.02 Å². The Morgan fingerprint density at radius 3 is 2.67 bits per heavy atom. The van der Waals surface area contributed by atoms with Crippen molar-refractivity contribution in [3.8, 4) is 5.75 Å². The van der Waals surface area contributed by atoms with Crippen LogP contribution in [0.25, 0.3) is 0 Å². The molecule has 2 nitrogen and oxygen atoms in total. The second-order valence-corrected chi connectivity index (χ2v) is 6.27. The number of anilines is 1. The van der Waals surface area contributed by atoms with Crippen LogP contribution in [0.3, 0.4) is 0 Å². The Bertz CT molecular complexity index is 577. The van der Waals surface area contributed by atoms with Crippen LogP contribution in [0, 0.1) is 3.57 Å². The molecule has 0 atom stereocenters. The SMILES string of the molecule is Oc1ccc(CNc2ccc(I)cc2Cl)cc1Br. The predicted molar refractivity (Wildman–Crippen MR) is 87.3 cm³/mol. The highest BCUT2D eigenvalue weighted by Gasteiger charge is 2.02. The molecule has 0 aliphatic heterocycles. The normalized spacial score (nSPS) is 10.4. The summed E-state index contributed by atoms with van der Waals surface area (Å²) in [5, 5.41) is 13.4. The summed E-state index contributed by atoms with van der Waals surface area (Å²) in [5.41, 5.74) is 1.97. The quantitative estimate of drug-likeness (QED) is 0.660. The van der Waals surface area contributed by atoms with Crippen molar-refractivity contribution in [2.75, 3.05) is 5.32 Å². The summed E-state index contributed by atoms with van der Waals surface area (Å²) < 4.78 is 1.80. The summed E-state index contributed by atoms with van der Waals surface area (Å²) >= 11 is 11.7. The van der Waals surface area contributed by atoms with Crippen molar-refractivity contribution >= 4 is 55.8 Å². The van der Waals surface area contributed by atoms with E-state index in [9.17, 15) is 5.11 Å². The van der Waals surface area contributed by atoms with Gasteiger partial charge in [-0.25, -0.2) is 0 Å². The van der Waals surface area contributed by atoms with Gasteiger partial charge in [-0.1, -0.05) is 17.7 Å². The maximum absolute atomic E-state index is 9.41. The Morgan fingerprint density at radius 2 is 2.00 bits per heavy atom. The fourth-order valence-electron chi connectivity index (χ4n) is 1.49. The molecule has 0 aromatic heterocycles. The topological polar surface area (TPSA) is 32.3 Å². The molecule has 2 aromatic carbocycles. The number of halogens is 3. The third kappa shape index (κ3) is 3.52. The third-order valence-corrected chi connectivity index (χ3v) is 4.05. The van der Waals surface area contributed by atoms with Crippen LogP contribution in [0.15, 0.2) is 40.9 Å². The van der Waals surface area contributed by atoms with Crippen LogP contribution in [0.5, 0.6) is 5.75 Å². The fraction of sp³-hybridized carbons (Fsp3) is 0.0769. The van der Waals surface area contributed by atoms with Crippen molar-refractivity contribution in [3.05, 3.63) is 55.0 Å². The molecule has 0 fully saturated rings. The fourth-order valence-corrected chi connectivity index (χ4v) is 2.84. The van der Waals surface area contributed by atoms with Gasteiger partial charge in [0.15, 0.2) is 0 Å². The summed E-state index contributed by atoms with van der Waals surface area (Å²) in [4.78, 5) is 0. The Morgan fingerprint density at radius 1 is 1.22 bits per heavy atom. The minimum absolute atomic E-state index is 0.242. The Balaban J connectivity index is 2.09. The molecule has 0 saturated heterocycles. The van der Waals surface area contributed by atoms with Crippen molar-refractivity contribution < 1.29 is 5.11 Å². The zero-order valence-electron chi connectivity index (χ0n) is 9.25. The van der Waals surface area contributed by atoms with Crippen molar-refractivity contribution in [3.63, 3.8) is 0 Å². The van der Waals surface area contributed by atoms with Crippen molar-refractivity contribution in [2.24, 2.45) is 0 Å². The standard InChI is InChI=1S/C13H10BrClINO/c14-10-5-8(1-4-13(10)18)7-17-12-3-2-9(16)6-11(12)15/h1-6,17-18H,7H2. The number of aromatic hydroxyl groups is 1. The number of phenols is 1. The highest BCUT2D eigenvalue weighted by Crippen LogP contribution is 2.27. The van der Waals surface area contributed by atoms with Gasteiger partial charge in [0.1, 0.15) is 5.75 Å². The molecule has 2 N–H and O–H groups in total. The molecule has 94 valence electrons. The van der Waals surface area contributed by atoms with Gasteiger partial charge in [-0.05, 0) is 74.4 Å². The van der Waals surface area contributed by atoms with E-state index < -0.39 is 0 Å². The molecule has 0 aliphatic carbocycles. The largest absolute Gasteiger partial charge is 0.507 e. The van der Waals surface area contributed by atoms with Crippen molar-refractivity contribution in [2.45, 2.75) is 6.54 Å². The maximum atomic E-state index is 9.41. The Labute approximate surface area is 133 Å². The lowest BCUT2D eigenvalue weighted by Gasteiger charge is -2.09. The van der Waals surface area contributed by atoms with Crippen LogP contribution < -0.4 is 5.32 Å². The molecule has 5 heteroatoms. The van der Waals surface area contributed by atoms with Crippen LogP contribution in [-0.2, 0) is 6.54 Å². The molecule has 0 spiro atoms. The van der Waals surface area contributed by atoms with Crippen molar-refractivity contribution in [1.82, 2.24) is 0 Å². The van der Waals surface area contributed by atoms with Gasteiger partial charge in [0, 0.05) is 10.1 Å². The molecule has 0 heterocycles. The van der Waals surface area contributed by atoms with Crippen LogP contribution in [0.1, 0.15) is 5.56 Å². The van der Waals surface area contributed by atoms with E-state index in [2.05, 4.69) is 43.8 Å². The number of benzene rings is 2. The van der Waals surface area contributed by atoms with Gasteiger partial charge in [0.05, 0.1) is 15.2 Å². The summed E-state index contributed by atoms with van der Waals surface area (Å²) in [5.74, 6) is 0.242. The molecular formula is C13H10BrClINO. The molecular weight excluding hydrogens is 428 g/mol. The smallest absolute Gasteiger partial charge is 0.129 e. The zero-order valence-corrected chi connectivity index (χ0v) is 13.8. The van der Waals surface area contributed by atoms with Gasteiger partial charge in [-0.3, -0.25) is 0 Å². The number of nitrogens with one attached hydrogen (secondary N) is 1. The van der Waals surface area contributed by atoms with E-state index in [0.29, 0.717) is 16.0 Å². The number of hydrogen-bond donors (Lipinski definition) is 2. The second kappa shape index (κ2) is 6.12. The maximum Gasteiger partial charge on any atom is 0.129 e. The summed E-state index contributed by atoms with van der Waals surface area (Å²) in [6, 6.07) is 11.3. The monoisotopic (exact) mass is 437 g/mol. The zero-order chi connectivity index (χ0) is 13.1. The van der Waals surface area contributed by atoms with Crippen molar-refractivity contribution in [1.29, 1.82) is 0 Å². The van der Waals surface area contributed by atoms with Crippen LogP contribution in [-0.4, -0.2) is 5.11 Å². The van der Waals surface area contributed by atoms with E-state index in [1.165, 1.54) is 0 Å². The molecule has 2 rings (SSSR count). The highest BCUT2D eigenvalue weighted by atomic mass is 127. The first-order chi connectivity index (χ1) is 8.56. The average molecular weight is 438 g/mol. The number of phenolic OH excluding ortho intramolecular Hbond substituents is 1. The first-order valence-electron chi connectivity index (χ1n) is 5.22. The van der Waals surface area contributed by atoms with E-state index in [-0.39, 0.29) is 5.75 Å². The summed E-state index contributed by atoms with van der Waals surface area (Å²) in [7, 11) is 0. The molecule has 0 unspecified atom stereocenters. The molecule has 2 aromatic rings. The van der Waals surface area contributed by atoms with E-state index >= 15 is 0 Å². The molecule has 0 amide bonds. The third-order valence-electron chi connectivity index (χ3n) is 2.43. The summed E-state index contributed by atoms with van der Waals surface area (Å²) in [6.07, 6.45) is 0. The first-order valence-corrected chi connectivity index (χ1v) is 7.47. The van der Waals surface area contributed by atoms with Gasteiger partial charge in [0.25, 0.3) is 0 Å². The first kappa shape index (κ1) is 14.0. The van der Waals surface area contributed by atoms with Gasteiger partial charge in [0.2, 0.25) is 0 Å². The highest BCUT2D eigenvalue weighted by molar-refractivity contribution is 14.1. The molecule has 0 aliphatic rings. The van der Waals surface area contributed by atoms with Gasteiger partial charge >= 0.3 is 0 Å². The van der Waals surface area contributed by atoms with Crippen LogP contribution in [0.4, 0.5) is 5.69 Å². The van der Waals surface area contributed by atoms with E-state index in [4.69, 9.17) is 11.6 Å². The van der Waals surface area contributed by atoms with Gasteiger partial charge in [-0.2, -0.15) is 0 Å². The molecule has 0 bridgehead atoms. The van der Waals surface area contributed by atoms with Crippen LogP contribution >= 0.6 is 50.1 Å².